The second-order valence-electron chi connectivity index (χ2n) is 5.31. The third-order valence-electron chi connectivity index (χ3n) is 3.99. The normalized spacial score (nSPS) is 11.8. The summed E-state index contributed by atoms with van der Waals surface area (Å²) < 4.78 is 0. The van der Waals surface area contributed by atoms with E-state index in [4.69, 9.17) is 23.2 Å². The molecule has 0 aromatic heterocycles. The van der Waals surface area contributed by atoms with Crippen molar-refractivity contribution in [2.75, 3.05) is 13.1 Å². The molecule has 1 N–H and O–H groups in total. The lowest BCUT2D eigenvalue weighted by Gasteiger charge is -2.32. The van der Waals surface area contributed by atoms with E-state index >= 15 is 0 Å². The van der Waals surface area contributed by atoms with Crippen molar-refractivity contribution in [1.29, 1.82) is 0 Å². The SMILES string of the molecule is CCCNCC(CC)(CC)Cc1ccc(Cl)c(Cl)c1. The minimum atomic E-state index is 0.312. The Labute approximate surface area is 127 Å². The van der Waals surface area contributed by atoms with Gasteiger partial charge >= 0.3 is 0 Å². The van der Waals surface area contributed by atoms with E-state index < -0.39 is 0 Å². The van der Waals surface area contributed by atoms with Crippen molar-refractivity contribution in [2.45, 2.75) is 46.5 Å². The third-order valence-corrected chi connectivity index (χ3v) is 4.73. The maximum absolute atomic E-state index is 6.11. The van der Waals surface area contributed by atoms with Crippen molar-refractivity contribution >= 4 is 23.2 Å². The molecule has 3 heteroatoms. The molecule has 0 heterocycles. The minimum absolute atomic E-state index is 0.312. The minimum Gasteiger partial charge on any atom is -0.316 e. The number of rotatable bonds is 8. The predicted molar refractivity (Wildman–Crippen MR) is 86.3 cm³/mol. The molecule has 19 heavy (non-hydrogen) atoms. The highest BCUT2D eigenvalue weighted by atomic mass is 35.5. The van der Waals surface area contributed by atoms with Crippen LogP contribution in [0.15, 0.2) is 18.2 Å². The van der Waals surface area contributed by atoms with Crippen LogP contribution in [0.3, 0.4) is 0 Å². The van der Waals surface area contributed by atoms with Crippen LogP contribution >= 0.6 is 23.2 Å². The average Bonchev–Trinajstić information content (AvgIpc) is 2.42. The van der Waals surface area contributed by atoms with E-state index in [1.165, 1.54) is 24.8 Å². The fourth-order valence-corrected chi connectivity index (χ4v) is 2.75. The van der Waals surface area contributed by atoms with Crippen LogP contribution in [0, 0.1) is 5.41 Å². The first-order chi connectivity index (χ1) is 9.06. The number of halogens is 2. The molecular formula is C16H25Cl2N. The Morgan fingerprint density at radius 2 is 1.74 bits per heavy atom. The van der Waals surface area contributed by atoms with E-state index in [9.17, 15) is 0 Å². The number of benzene rings is 1. The summed E-state index contributed by atoms with van der Waals surface area (Å²) in [5.74, 6) is 0. The van der Waals surface area contributed by atoms with Crippen molar-refractivity contribution < 1.29 is 0 Å². The Hall–Kier alpha value is -0.240. The quantitative estimate of drug-likeness (QED) is 0.639. The van der Waals surface area contributed by atoms with Crippen LogP contribution < -0.4 is 5.32 Å². The fraction of sp³-hybridized carbons (Fsp3) is 0.625. The Kier molecular flexibility index (Phi) is 7.20. The molecule has 0 aliphatic carbocycles. The summed E-state index contributed by atoms with van der Waals surface area (Å²) in [5.41, 5.74) is 1.59. The molecule has 0 bridgehead atoms. The van der Waals surface area contributed by atoms with Crippen molar-refractivity contribution in [2.24, 2.45) is 5.41 Å². The van der Waals surface area contributed by atoms with Crippen molar-refractivity contribution in [3.05, 3.63) is 33.8 Å². The van der Waals surface area contributed by atoms with Gasteiger partial charge in [0.1, 0.15) is 0 Å². The van der Waals surface area contributed by atoms with Gasteiger partial charge in [0.25, 0.3) is 0 Å². The number of nitrogens with one attached hydrogen (secondary N) is 1. The second-order valence-corrected chi connectivity index (χ2v) is 6.12. The lowest BCUT2D eigenvalue weighted by Crippen LogP contribution is -2.35. The van der Waals surface area contributed by atoms with Gasteiger partial charge in [-0.2, -0.15) is 0 Å². The third kappa shape index (κ3) is 4.98. The van der Waals surface area contributed by atoms with Crippen molar-refractivity contribution in [3.63, 3.8) is 0 Å². The summed E-state index contributed by atoms with van der Waals surface area (Å²) in [7, 11) is 0. The maximum atomic E-state index is 6.11. The molecule has 0 aliphatic heterocycles. The zero-order valence-corrected chi connectivity index (χ0v) is 13.7. The van der Waals surface area contributed by atoms with Gasteiger partial charge in [-0.05, 0) is 55.3 Å². The summed E-state index contributed by atoms with van der Waals surface area (Å²) in [6.07, 6.45) is 4.56. The average molecular weight is 302 g/mol. The van der Waals surface area contributed by atoms with Crippen LogP contribution in [0.5, 0.6) is 0 Å². The van der Waals surface area contributed by atoms with Crippen LogP contribution in [0.4, 0.5) is 0 Å². The highest BCUT2D eigenvalue weighted by Crippen LogP contribution is 2.32. The molecule has 0 amide bonds. The van der Waals surface area contributed by atoms with Gasteiger partial charge in [-0.25, -0.2) is 0 Å². The molecular weight excluding hydrogens is 277 g/mol. The molecule has 108 valence electrons. The predicted octanol–water partition coefficient (Wildman–Crippen LogP) is 5.34. The largest absolute Gasteiger partial charge is 0.316 e. The van der Waals surface area contributed by atoms with Crippen LogP contribution in [-0.2, 0) is 6.42 Å². The molecule has 0 spiro atoms. The molecule has 0 aliphatic rings. The van der Waals surface area contributed by atoms with Gasteiger partial charge < -0.3 is 5.32 Å². The summed E-state index contributed by atoms with van der Waals surface area (Å²) in [4.78, 5) is 0. The highest BCUT2D eigenvalue weighted by molar-refractivity contribution is 6.42. The summed E-state index contributed by atoms with van der Waals surface area (Å²) in [6, 6.07) is 5.99. The Morgan fingerprint density at radius 1 is 1.05 bits per heavy atom. The number of hydrogen-bond donors (Lipinski definition) is 1. The highest BCUT2D eigenvalue weighted by Gasteiger charge is 2.26. The molecule has 0 fully saturated rings. The van der Waals surface area contributed by atoms with E-state index in [0.29, 0.717) is 15.5 Å². The Bertz CT molecular complexity index is 386. The van der Waals surface area contributed by atoms with E-state index in [2.05, 4.69) is 32.2 Å². The molecule has 0 atom stereocenters. The summed E-state index contributed by atoms with van der Waals surface area (Å²) >= 11 is 12.1. The monoisotopic (exact) mass is 301 g/mol. The molecule has 0 saturated heterocycles. The molecule has 0 unspecified atom stereocenters. The summed E-state index contributed by atoms with van der Waals surface area (Å²) in [6.45, 7) is 8.89. The van der Waals surface area contributed by atoms with Gasteiger partial charge in [-0.15, -0.1) is 0 Å². The van der Waals surface area contributed by atoms with Crippen molar-refractivity contribution in [1.82, 2.24) is 5.32 Å². The molecule has 1 nitrogen and oxygen atoms in total. The van der Waals surface area contributed by atoms with Crippen LogP contribution in [-0.4, -0.2) is 13.1 Å². The van der Waals surface area contributed by atoms with Crippen LogP contribution in [0.1, 0.15) is 45.6 Å². The second kappa shape index (κ2) is 8.14. The van der Waals surface area contributed by atoms with Gasteiger partial charge in [0.05, 0.1) is 10.0 Å². The smallest absolute Gasteiger partial charge is 0.0595 e. The molecule has 0 saturated carbocycles. The summed E-state index contributed by atoms with van der Waals surface area (Å²) in [5, 5.41) is 4.85. The van der Waals surface area contributed by atoms with E-state index in [0.717, 1.165) is 19.5 Å². The van der Waals surface area contributed by atoms with Gasteiger partial charge in [-0.1, -0.05) is 50.0 Å². The van der Waals surface area contributed by atoms with Crippen LogP contribution in [0.2, 0.25) is 10.0 Å². The van der Waals surface area contributed by atoms with Crippen molar-refractivity contribution in [3.8, 4) is 0 Å². The lowest BCUT2D eigenvalue weighted by atomic mass is 9.77. The lowest BCUT2D eigenvalue weighted by molar-refractivity contribution is 0.247. The van der Waals surface area contributed by atoms with E-state index in [1.54, 1.807) is 0 Å². The molecule has 1 aromatic carbocycles. The maximum Gasteiger partial charge on any atom is 0.0595 e. The molecule has 0 radical (unpaired) electrons. The van der Waals surface area contributed by atoms with Gasteiger partial charge in [0, 0.05) is 6.54 Å². The first kappa shape index (κ1) is 16.8. The topological polar surface area (TPSA) is 12.0 Å². The molecule has 1 aromatic rings. The first-order valence-corrected chi connectivity index (χ1v) is 7.97. The first-order valence-electron chi connectivity index (χ1n) is 7.21. The van der Waals surface area contributed by atoms with Gasteiger partial charge in [-0.3, -0.25) is 0 Å². The van der Waals surface area contributed by atoms with E-state index in [-0.39, 0.29) is 0 Å². The molecule has 1 rings (SSSR count). The Balaban J connectivity index is 2.78. The van der Waals surface area contributed by atoms with E-state index in [1.807, 2.05) is 12.1 Å². The fourth-order valence-electron chi connectivity index (χ4n) is 2.43. The zero-order chi connectivity index (χ0) is 14.3. The zero-order valence-electron chi connectivity index (χ0n) is 12.2. The Morgan fingerprint density at radius 3 is 2.26 bits per heavy atom. The van der Waals surface area contributed by atoms with Gasteiger partial charge in [0.15, 0.2) is 0 Å². The van der Waals surface area contributed by atoms with Gasteiger partial charge in [0.2, 0.25) is 0 Å². The van der Waals surface area contributed by atoms with Crippen LogP contribution in [0.25, 0.3) is 0 Å². The number of hydrogen-bond acceptors (Lipinski definition) is 1. The standard InChI is InChI=1S/C16H25Cl2N/c1-4-9-19-12-16(5-2,6-3)11-13-7-8-14(17)15(18)10-13/h7-8,10,19H,4-6,9,11-12H2,1-3H3.